The molecule has 1 N–H and O–H groups in total. The molecule has 0 saturated carbocycles. The molecule has 0 aromatic heterocycles. The molecule has 0 bridgehead atoms. The normalized spacial score (nSPS) is 16.8. The summed E-state index contributed by atoms with van der Waals surface area (Å²) in [6.45, 7) is 8.30. The number of carbonyl (C=O) groups excluding carboxylic acids is 1. The van der Waals surface area contributed by atoms with E-state index in [1.54, 1.807) is 20.1 Å². The molecule has 1 fully saturated rings. The molecule has 1 saturated heterocycles. The minimum Gasteiger partial charge on any atom is -0.497 e. The molecule has 0 unspecified atom stereocenters. The number of nitrogens with one attached hydrogen (secondary N) is 1. The average Bonchev–Trinajstić information content (AvgIpc) is 2.74. The topological polar surface area (TPSA) is 50.8 Å². The van der Waals surface area contributed by atoms with Crippen LogP contribution >= 0.6 is 0 Å². The van der Waals surface area contributed by atoms with Gasteiger partial charge < -0.3 is 19.7 Å². The lowest BCUT2D eigenvalue weighted by Gasteiger charge is -2.32. The Labute approximate surface area is 174 Å². The summed E-state index contributed by atoms with van der Waals surface area (Å²) < 4.78 is 11.0. The zero-order valence-electron chi connectivity index (χ0n) is 17.9. The fraction of sp³-hybridized carbons (Fsp3) is 0.458. The predicted molar refractivity (Wildman–Crippen MR) is 117 cm³/mol. The zero-order valence-corrected chi connectivity index (χ0v) is 17.9. The minimum atomic E-state index is -0.598. The maximum Gasteiger partial charge on any atom is 0.261 e. The van der Waals surface area contributed by atoms with Crippen molar-refractivity contribution in [3.8, 4) is 11.5 Å². The molecule has 2 aromatic rings. The molecular formula is C24H32N2O3. The van der Waals surface area contributed by atoms with Gasteiger partial charge in [-0.3, -0.25) is 4.79 Å². The first kappa shape index (κ1) is 21.0. The van der Waals surface area contributed by atoms with Crippen LogP contribution in [-0.2, 0) is 4.79 Å². The summed E-state index contributed by atoms with van der Waals surface area (Å²) in [5.41, 5.74) is 2.34. The van der Waals surface area contributed by atoms with Crippen LogP contribution in [0.5, 0.6) is 11.5 Å². The van der Waals surface area contributed by atoms with E-state index < -0.39 is 6.10 Å². The number of methoxy groups -OCH3 is 1. The van der Waals surface area contributed by atoms with Gasteiger partial charge in [0.25, 0.3) is 5.91 Å². The van der Waals surface area contributed by atoms with Crippen molar-refractivity contribution in [2.45, 2.75) is 45.8 Å². The van der Waals surface area contributed by atoms with Crippen molar-refractivity contribution in [3.05, 3.63) is 54.1 Å². The van der Waals surface area contributed by atoms with E-state index in [2.05, 4.69) is 41.4 Å². The third-order valence-electron chi connectivity index (χ3n) is 5.62. The molecule has 1 aliphatic heterocycles. The SMILES string of the molecule is COc1cccc(O[C@H](C)C(=O)N[C@@H](C)c2ccc(N3CCC(C)CC3)cc2)c1. The molecule has 3 rings (SSSR count). The van der Waals surface area contributed by atoms with Crippen LogP contribution in [0.3, 0.4) is 0 Å². The van der Waals surface area contributed by atoms with Gasteiger partial charge >= 0.3 is 0 Å². The minimum absolute atomic E-state index is 0.0886. The smallest absolute Gasteiger partial charge is 0.261 e. The molecule has 2 aromatic carbocycles. The van der Waals surface area contributed by atoms with Crippen molar-refractivity contribution < 1.29 is 14.3 Å². The zero-order chi connectivity index (χ0) is 20.8. The summed E-state index contributed by atoms with van der Waals surface area (Å²) in [6, 6.07) is 15.7. The van der Waals surface area contributed by atoms with Crippen LogP contribution in [-0.4, -0.2) is 32.2 Å². The summed E-state index contributed by atoms with van der Waals surface area (Å²) in [7, 11) is 1.61. The lowest BCUT2D eigenvalue weighted by Crippen LogP contribution is -2.37. The van der Waals surface area contributed by atoms with Gasteiger partial charge in [0.05, 0.1) is 13.2 Å². The quantitative estimate of drug-likeness (QED) is 0.744. The summed E-state index contributed by atoms with van der Waals surface area (Å²) in [5, 5.41) is 3.04. The van der Waals surface area contributed by atoms with Crippen molar-refractivity contribution in [3.63, 3.8) is 0 Å². The van der Waals surface area contributed by atoms with Crippen LogP contribution in [0.15, 0.2) is 48.5 Å². The molecule has 2 atom stereocenters. The number of carbonyl (C=O) groups is 1. The van der Waals surface area contributed by atoms with E-state index in [0.29, 0.717) is 11.5 Å². The predicted octanol–water partition coefficient (Wildman–Crippen LogP) is 4.58. The van der Waals surface area contributed by atoms with Gasteiger partial charge in [-0.15, -0.1) is 0 Å². The maximum atomic E-state index is 12.6. The van der Waals surface area contributed by atoms with Gasteiger partial charge in [-0.1, -0.05) is 25.1 Å². The summed E-state index contributed by atoms with van der Waals surface area (Å²) >= 11 is 0. The van der Waals surface area contributed by atoms with Crippen LogP contribution in [0, 0.1) is 5.92 Å². The molecule has 0 radical (unpaired) electrons. The monoisotopic (exact) mass is 396 g/mol. The Morgan fingerprint density at radius 3 is 2.38 bits per heavy atom. The number of hydrogen-bond donors (Lipinski definition) is 1. The first-order valence-corrected chi connectivity index (χ1v) is 10.4. The van der Waals surface area contributed by atoms with Gasteiger partial charge in [-0.05, 0) is 62.4 Å². The number of hydrogen-bond acceptors (Lipinski definition) is 4. The number of piperidine rings is 1. The molecule has 5 heteroatoms. The maximum absolute atomic E-state index is 12.6. The van der Waals surface area contributed by atoms with Gasteiger partial charge in [0, 0.05) is 24.8 Å². The van der Waals surface area contributed by atoms with Gasteiger partial charge in [0.1, 0.15) is 11.5 Å². The largest absolute Gasteiger partial charge is 0.497 e. The van der Waals surface area contributed by atoms with Crippen molar-refractivity contribution in [2.75, 3.05) is 25.1 Å². The highest BCUT2D eigenvalue weighted by Crippen LogP contribution is 2.25. The highest BCUT2D eigenvalue weighted by atomic mass is 16.5. The number of anilines is 1. The van der Waals surface area contributed by atoms with Crippen LogP contribution in [0.2, 0.25) is 0 Å². The molecular weight excluding hydrogens is 364 g/mol. The summed E-state index contributed by atoms with van der Waals surface area (Å²) in [4.78, 5) is 15.0. The molecule has 1 heterocycles. The van der Waals surface area contributed by atoms with E-state index in [4.69, 9.17) is 9.47 Å². The highest BCUT2D eigenvalue weighted by Gasteiger charge is 2.19. The molecule has 0 spiro atoms. The first-order valence-electron chi connectivity index (χ1n) is 10.4. The fourth-order valence-corrected chi connectivity index (χ4v) is 3.59. The molecule has 0 aliphatic carbocycles. The van der Waals surface area contributed by atoms with Gasteiger partial charge in [-0.25, -0.2) is 0 Å². The Morgan fingerprint density at radius 1 is 1.07 bits per heavy atom. The second-order valence-electron chi connectivity index (χ2n) is 7.93. The lowest BCUT2D eigenvalue weighted by molar-refractivity contribution is -0.127. The molecule has 1 aliphatic rings. The first-order chi connectivity index (χ1) is 14.0. The van der Waals surface area contributed by atoms with Gasteiger partial charge in [0.15, 0.2) is 6.10 Å². The van der Waals surface area contributed by atoms with E-state index in [1.165, 1.54) is 18.5 Å². The van der Waals surface area contributed by atoms with E-state index in [0.717, 1.165) is 24.6 Å². The van der Waals surface area contributed by atoms with Gasteiger partial charge in [-0.2, -0.15) is 0 Å². The van der Waals surface area contributed by atoms with E-state index >= 15 is 0 Å². The fourth-order valence-electron chi connectivity index (χ4n) is 3.59. The molecule has 156 valence electrons. The highest BCUT2D eigenvalue weighted by molar-refractivity contribution is 5.81. The lowest BCUT2D eigenvalue weighted by atomic mass is 9.98. The molecule has 5 nitrogen and oxygen atoms in total. The van der Waals surface area contributed by atoms with Crippen molar-refractivity contribution in [2.24, 2.45) is 5.92 Å². The van der Waals surface area contributed by atoms with E-state index in [9.17, 15) is 4.79 Å². The van der Waals surface area contributed by atoms with Crippen molar-refractivity contribution >= 4 is 11.6 Å². The van der Waals surface area contributed by atoms with Crippen LogP contribution in [0.4, 0.5) is 5.69 Å². The molecule has 29 heavy (non-hydrogen) atoms. The Bertz CT molecular complexity index is 798. The van der Waals surface area contributed by atoms with Crippen LogP contribution in [0.25, 0.3) is 0 Å². The third-order valence-corrected chi connectivity index (χ3v) is 5.62. The number of nitrogens with zero attached hydrogens (tertiary/aromatic N) is 1. The van der Waals surface area contributed by atoms with Gasteiger partial charge in [0.2, 0.25) is 0 Å². The number of benzene rings is 2. The summed E-state index contributed by atoms with van der Waals surface area (Å²) in [5.74, 6) is 1.99. The number of rotatable bonds is 7. The Morgan fingerprint density at radius 2 is 1.72 bits per heavy atom. The number of amides is 1. The van der Waals surface area contributed by atoms with E-state index in [1.807, 2.05) is 25.1 Å². The average molecular weight is 397 g/mol. The van der Waals surface area contributed by atoms with Crippen molar-refractivity contribution in [1.82, 2.24) is 5.32 Å². The Balaban J connectivity index is 1.54. The molecule has 1 amide bonds. The van der Waals surface area contributed by atoms with Crippen LogP contribution in [0.1, 0.15) is 45.2 Å². The Kier molecular flexibility index (Phi) is 7.02. The van der Waals surface area contributed by atoms with Crippen LogP contribution < -0.4 is 19.7 Å². The van der Waals surface area contributed by atoms with Crippen molar-refractivity contribution in [1.29, 1.82) is 0 Å². The third kappa shape index (κ3) is 5.66. The summed E-state index contributed by atoms with van der Waals surface area (Å²) in [6.07, 6.45) is 1.90. The second kappa shape index (κ2) is 9.68. The number of ether oxygens (including phenoxy) is 2. The standard InChI is InChI=1S/C24H32N2O3/c1-17-12-14-26(15-13-17)21-10-8-20(9-11-21)18(2)25-24(27)19(3)29-23-7-5-6-22(16-23)28-4/h5-11,16-19H,12-15H2,1-4H3,(H,25,27)/t18-,19+/m0/s1. The van der Waals surface area contributed by atoms with E-state index in [-0.39, 0.29) is 11.9 Å². The Hall–Kier alpha value is -2.69. The second-order valence-corrected chi connectivity index (χ2v) is 7.93.